The van der Waals surface area contributed by atoms with Gasteiger partial charge in [0.05, 0.1) is 0 Å². The second-order valence-electron chi connectivity index (χ2n) is 5.53. The van der Waals surface area contributed by atoms with Crippen molar-refractivity contribution in [3.8, 4) is 6.07 Å². The number of rotatable bonds is 5. The maximum absolute atomic E-state index is 13.3. The fourth-order valence-electron chi connectivity index (χ4n) is 2.41. The molecule has 0 spiro atoms. The zero-order valence-corrected chi connectivity index (χ0v) is 13.6. The number of Topliss-reactive ketones (excluding diaryl/α,β-unsaturated/α-hetero) is 1. The molecule has 6 nitrogen and oxygen atoms in total. The van der Waals surface area contributed by atoms with Gasteiger partial charge in [0.2, 0.25) is 0 Å². The van der Waals surface area contributed by atoms with E-state index >= 15 is 0 Å². The van der Waals surface area contributed by atoms with E-state index in [0.717, 1.165) is 22.8 Å². The molecule has 1 atom stereocenters. The maximum Gasteiger partial charge on any atom is 0.331 e. The molecule has 0 saturated heterocycles. The van der Waals surface area contributed by atoms with Crippen molar-refractivity contribution in [1.82, 2.24) is 9.13 Å². The Morgan fingerprint density at radius 1 is 1.28 bits per heavy atom. The van der Waals surface area contributed by atoms with Crippen LogP contribution in [0.25, 0.3) is 0 Å². The molecular weight excluding hydrogens is 332 g/mol. The van der Waals surface area contributed by atoms with Gasteiger partial charge >= 0.3 is 5.69 Å². The van der Waals surface area contributed by atoms with Crippen molar-refractivity contribution in [1.29, 1.82) is 5.26 Å². The number of hydrogen-bond acceptors (Lipinski definition) is 4. The van der Waals surface area contributed by atoms with Crippen molar-refractivity contribution in [2.75, 3.05) is 0 Å². The lowest BCUT2D eigenvalue weighted by Crippen LogP contribution is -2.42. The van der Waals surface area contributed by atoms with Crippen LogP contribution in [0.1, 0.15) is 29.8 Å². The van der Waals surface area contributed by atoms with E-state index in [1.54, 1.807) is 13.0 Å². The highest BCUT2D eigenvalue weighted by Gasteiger charge is 2.20. The summed E-state index contributed by atoms with van der Waals surface area (Å²) < 4.78 is 28.3. The molecule has 0 amide bonds. The van der Waals surface area contributed by atoms with Gasteiger partial charge in [-0.15, -0.1) is 0 Å². The molecule has 0 aliphatic carbocycles. The van der Waals surface area contributed by atoms with Gasteiger partial charge in [-0.3, -0.25) is 18.7 Å². The van der Waals surface area contributed by atoms with Crippen LogP contribution < -0.4 is 11.2 Å². The SMILES string of the molecule is CCn1cc(C#N)c(=O)n(C[C@H](C)C(=O)c2ccc(F)c(F)c2)c1=O. The van der Waals surface area contributed by atoms with Crippen molar-refractivity contribution in [3.63, 3.8) is 0 Å². The molecule has 0 bridgehead atoms. The van der Waals surface area contributed by atoms with Crippen LogP contribution in [0.3, 0.4) is 0 Å². The molecule has 25 heavy (non-hydrogen) atoms. The summed E-state index contributed by atoms with van der Waals surface area (Å²) in [6.07, 6.45) is 1.17. The summed E-state index contributed by atoms with van der Waals surface area (Å²) in [5.74, 6) is -3.63. The number of carbonyl (C=O) groups excluding carboxylic acids is 1. The molecular formula is C17H15F2N3O3. The highest BCUT2D eigenvalue weighted by molar-refractivity contribution is 5.97. The largest absolute Gasteiger partial charge is 0.331 e. The third-order valence-corrected chi connectivity index (χ3v) is 3.81. The first kappa shape index (κ1) is 18.3. The number of nitrogens with zero attached hydrogens (tertiary/aromatic N) is 3. The Morgan fingerprint density at radius 3 is 2.52 bits per heavy atom. The summed E-state index contributed by atoms with van der Waals surface area (Å²) in [5, 5.41) is 9.01. The van der Waals surface area contributed by atoms with Crippen LogP contribution in [0.15, 0.2) is 34.0 Å². The Bertz CT molecular complexity index is 986. The van der Waals surface area contributed by atoms with Gasteiger partial charge in [0, 0.05) is 30.8 Å². The normalized spacial score (nSPS) is 11.8. The van der Waals surface area contributed by atoms with Crippen molar-refractivity contribution in [2.45, 2.75) is 26.9 Å². The van der Waals surface area contributed by atoms with Crippen LogP contribution in [0, 0.1) is 28.9 Å². The van der Waals surface area contributed by atoms with E-state index in [2.05, 4.69) is 0 Å². The van der Waals surface area contributed by atoms with Crippen LogP contribution >= 0.6 is 0 Å². The molecule has 0 unspecified atom stereocenters. The number of benzene rings is 1. The number of ketones is 1. The van der Waals surface area contributed by atoms with Crippen LogP contribution in [0.2, 0.25) is 0 Å². The summed E-state index contributed by atoms with van der Waals surface area (Å²) in [4.78, 5) is 36.8. The molecule has 1 heterocycles. The highest BCUT2D eigenvalue weighted by Crippen LogP contribution is 2.14. The van der Waals surface area contributed by atoms with E-state index in [0.29, 0.717) is 0 Å². The van der Waals surface area contributed by atoms with E-state index < -0.39 is 34.6 Å². The Balaban J connectivity index is 2.40. The summed E-state index contributed by atoms with van der Waals surface area (Å²) in [6, 6.07) is 4.46. The zero-order chi connectivity index (χ0) is 18.7. The predicted octanol–water partition coefficient (Wildman–Crippen LogP) is 1.70. The fraction of sp³-hybridized carbons (Fsp3) is 0.294. The summed E-state index contributed by atoms with van der Waals surface area (Å²) >= 11 is 0. The fourth-order valence-corrected chi connectivity index (χ4v) is 2.41. The van der Waals surface area contributed by atoms with E-state index in [1.165, 1.54) is 17.7 Å². The number of halogens is 2. The molecule has 0 aliphatic heterocycles. The molecule has 1 aromatic heterocycles. The molecule has 0 aliphatic rings. The molecule has 2 aromatic rings. The minimum absolute atomic E-state index is 0.0632. The van der Waals surface area contributed by atoms with Gasteiger partial charge in [-0.2, -0.15) is 5.26 Å². The molecule has 130 valence electrons. The standard InChI is InChI=1S/C17H15F2N3O3/c1-3-21-9-12(7-20)16(24)22(17(21)25)8-10(2)15(23)11-4-5-13(18)14(19)6-11/h4-6,9-10H,3,8H2,1-2H3/t10-/m0/s1. The Hall–Kier alpha value is -3.08. The molecule has 0 radical (unpaired) electrons. The number of aryl methyl sites for hydroxylation is 1. The molecule has 1 aromatic carbocycles. The smallest absolute Gasteiger partial charge is 0.299 e. The van der Waals surface area contributed by atoms with Crippen LogP contribution in [-0.4, -0.2) is 14.9 Å². The Morgan fingerprint density at radius 2 is 1.96 bits per heavy atom. The lowest BCUT2D eigenvalue weighted by Gasteiger charge is -2.14. The van der Waals surface area contributed by atoms with Crippen LogP contribution in [-0.2, 0) is 13.1 Å². The number of nitriles is 1. The second kappa shape index (κ2) is 7.21. The van der Waals surface area contributed by atoms with Crippen molar-refractivity contribution in [3.05, 3.63) is 68.0 Å². The van der Waals surface area contributed by atoms with Gasteiger partial charge in [0.15, 0.2) is 17.4 Å². The number of hydrogen-bond donors (Lipinski definition) is 0. The van der Waals surface area contributed by atoms with Gasteiger partial charge in [-0.05, 0) is 25.1 Å². The summed E-state index contributed by atoms with van der Waals surface area (Å²) in [5.41, 5.74) is -1.71. The number of carbonyl (C=O) groups is 1. The van der Waals surface area contributed by atoms with E-state index in [-0.39, 0.29) is 24.2 Å². The van der Waals surface area contributed by atoms with Gasteiger partial charge < -0.3 is 0 Å². The average molecular weight is 347 g/mol. The lowest BCUT2D eigenvalue weighted by atomic mass is 9.99. The topological polar surface area (TPSA) is 84.9 Å². The lowest BCUT2D eigenvalue weighted by molar-refractivity contribution is 0.0916. The Labute approximate surface area is 141 Å². The monoisotopic (exact) mass is 347 g/mol. The van der Waals surface area contributed by atoms with Gasteiger partial charge in [-0.1, -0.05) is 6.92 Å². The maximum atomic E-state index is 13.3. The van der Waals surface area contributed by atoms with Gasteiger partial charge in [0.25, 0.3) is 5.56 Å². The van der Waals surface area contributed by atoms with Crippen molar-refractivity contribution >= 4 is 5.78 Å². The molecule has 0 N–H and O–H groups in total. The first-order valence-corrected chi connectivity index (χ1v) is 7.53. The van der Waals surface area contributed by atoms with Crippen molar-refractivity contribution < 1.29 is 13.6 Å². The van der Waals surface area contributed by atoms with Gasteiger partial charge in [-0.25, -0.2) is 13.6 Å². The predicted molar refractivity (Wildman–Crippen MR) is 85.2 cm³/mol. The third-order valence-electron chi connectivity index (χ3n) is 3.81. The zero-order valence-electron chi connectivity index (χ0n) is 13.6. The molecule has 2 rings (SSSR count). The second-order valence-corrected chi connectivity index (χ2v) is 5.53. The van der Waals surface area contributed by atoms with Gasteiger partial charge in [0.1, 0.15) is 11.6 Å². The minimum Gasteiger partial charge on any atom is -0.299 e. The molecule has 0 fully saturated rings. The van der Waals surface area contributed by atoms with Crippen LogP contribution in [0.5, 0.6) is 0 Å². The quantitative estimate of drug-likeness (QED) is 0.771. The highest BCUT2D eigenvalue weighted by atomic mass is 19.2. The third kappa shape index (κ3) is 3.55. The summed E-state index contributed by atoms with van der Waals surface area (Å²) in [7, 11) is 0. The van der Waals surface area contributed by atoms with E-state index in [9.17, 15) is 23.2 Å². The average Bonchev–Trinajstić information content (AvgIpc) is 2.60. The minimum atomic E-state index is -1.16. The Kier molecular flexibility index (Phi) is 5.27. The first-order chi connectivity index (χ1) is 11.8. The number of aromatic nitrogens is 2. The van der Waals surface area contributed by atoms with Crippen molar-refractivity contribution in [2.24, 2.45) is 5.92 Å². The van der Waals surface area contributed by atoms with E-state index in [1.807, 2.05) is 0 Å². The first-order valence-electron chi connectivity index (χ1n) is 7.53. The summed E-state index contributed by atoms with van der Waals surface area (Å²) in [6.45, 7) is 3.11. The van der Waals surface area contributed by atoms with Crippen LogP contribution in [0.4, 0.5) is 8.78 Å². The molecule has 8 heteroatoms. The van der Waals surface area contributed by atoms with E-state index in [4.69, 9.17) is 5.26 Å². The molecule has 0 saturated carbocycles.